The zero-order chi connectivity index (χ0) is 23.4. The summed E-state index contributed by atoms with van der Waals surface area (Å²) in [6, 6.07) is 12.4. The van der Waals surface area contributed by atoms with Gasteiger partial charge in [-0.3, -0.25) is 4.79 Å². The Labute approximate surface area is 190 Å². The van der Waals surface area contributed by atoms with Crippen LogP contribution >= 0.6 is 0 Å². The van der Waals surface area contributed by atoms with Crippen molar-refractivity contribution in [3.63, 3.8) is 0 Å². The molecule has 0 atom stereocenters. The van der Waals surface area contributed by atoms with Crippen molar-refractivity contribution in [2.45, 2.75) is 62.8 Å². The van der Waals surface area contributed by atoms with Crippen LogP contribution in [0.1, 0.15) is 52.0 Å². The lowest BCUT2D eigenvalue weighted by Gasteiger charge is -2.19. The Morgan fingerprint density at radius 3 is 2.38 bits per heavy atom. The minimum Gasteiger partial charge on any atom is -0.495 e. The molecule has 0 radical (unpaired) electrons. The molecule has 3 rings (SSSR count). The van der Waals surface area contributed by atoms with Crippen LogP contribution in [0.3, 0.4) is 0 Å². The molecule has 0 spiro atoms. The van der Waals surface area contributed by atoms with E-state index in [0.29, 0.717) is 24.5 Å². The van der Waals surface area contributed by atoms with E-state index in [4.69, 9.17) is 9.47 Å². The molecule has 0 unspecified atom stereocenters. The van der Waals surface area contributed by atoms with Gasteiger partial charge in [-0.25, -0.2) is 13.1 Å². The van der Waals surface area contributed by atoms with E-state index in [2.05, 4.69) is 30.8 Å². The molecule has 1 aliphatic rings. The number of hydrogen-bond acceptors (Lipinski definition) is 5. The quantitative estimate of drug-likeness (QED) is 0.518. The first-order valence-corrected chi connectivity index (χ1v) is 12.3. The standard InChI is InChI=1S/C24H32N2O5S/c1-24(2,3)17-7-11-19(12-8-17)31-15-5-6-23(27)25-21-16-20(13-14-22(21)30-4)32(28,29)26-18-9-10-18/h7-8,11-14,16,18,26H,5-6,9-10,15H2,1-4H3,(H,25,27). The van der Waals surface area contributed by atoms with E-state index in [1.807, 2.05) is 24.3 Å². The van der Waals surface area contributed by atoms with Gasteiger partial charge in [0.1, 0.15) is 11.5 Å². The van der Waals surface area contributed by atoms with E-state index in [0.717, 1.165) is 18.6 Å². The van der Waals surface area contributed by atoms with E-state index in [1.54, 1.807) is 6.07 Å². The van der Waals surface area contributed by atoms with Gasteiger partial charge in [0.15, 0.2) is 0 Å². The van der Waals surface area contributed by atoms with Gasteiger partial charge in [-0.1, -0.05) is 32.9 Å². The maximum absolute atomic E-state index is 12.5. The molecular formula is C24H32N2O5S. The summed E-state index contributed by atoms with van der Waals surface area (Å²) in [4.78, 5) is 12.5. The molecule has 0 aliphatic heterocycles. The fourth-order valence-corrected chi connectivity index (χ4v) is 4.46. The van der Waals surface area contributed by atoms with E-state index >= 15 is 0 Å². The number of amides is 1. The number of hydrogen-bond donors (Lipinski definition) is 2. The topological polar surface area (TPSA) is 93.7 Å². The maximum atomic E-state index is 12.5. The molecule has 7 nitrogen and oxygen atoms in total. The lowest BCUT2D eigenvalue weighted by atomic mass is 9.87. The number of methoxy groups -OCH3 is 1. The molecule has 174 valence electrons. The van der Waals surface area contributed by atoms with Crippen LogP contribution in [0.25, 0.3) is 0 Å². The molecule has 1 fully saturated rings. The minimum absolute atomic E-state index is 0.00445. The number of sulfonamides is 1. The number of carbonyl (C=O) groups excluding carboxylic acids is 1. The van der Waals surface area contributed by atoms with Crippen molar-refractivity contribution in [3.8, 4) is 11.5 Å². The van der Waals surface area contributed by atoms with Crippen molar-refractivity contribution in [2.75, 3.05) is 19.0 Å². The van der Waals surface area contributed by atoms with E-state index in [-0.39, 0.29) is 28.7 Å². The average Bonchev–Trinajstić information content (AvgIpc) is 3.54. The monoisotopic (exact) mass is 460 g/mol. The third kappa shape index (κ3) is 6.71. The highest BCUT2D eigenvalue weighted by molar-refractivity contribution is 7.89. The van der Waals surface area contributed by atoms with Crippen LogP contribution in [-0.4, -0.2) is 34.1 Å². The Morgan fingerprint density at radius 1 is 1.09 bits per heavy atom. The number of ether oxygens (including phenoxy) is 2. The molecule has 0 bridgehead atoms. The molecule has 1 saturated carbocycles. The van der Waals surface area contributed by atoms with Crippen molar-refractivity contribution >= 4 is 21.6 Å². The van der Waals surface area contributed by atoms with Crippen molar-refractivity contribution in [2.24, 2.45) is 0 Å². The van der Waals surface area contributed by atoms with Crippen molar-refractivity contribution < 1.29 is 22.7 Å². The van der Waals surface area contributed by atoms with E-state index in [9.17, 15) is 13.2 Å². The lowest BCUT2D eigenvalue weighted by Crippen LogP contribution is -2.26. The van der Waals surface area contributed by atoms with E-state index < -0.39 is 10.0 Å². The highest BCUT2D eigenvalue weighted by atomic mass is 32.2. The number of benzene rings is 2. The Bertz CT molecular complexity index is 1040. The second kappa shape index (κ2) is 9.92. The van der Waals surface area contributed by atoms with Gasteiger partial charge < -0.3 is 14.8 Å². The van der Waals surface area contributed by atoms with Crippen LogP contribution in [0.15, 0.2) is 47.4 Å². The summed E-state index contributed by atoms with van der Waals surface area (Å²) in [7, 11) is -2.15. The van der Waals surface area contributed by atoms with Gasteiger partial charge in [-0.2, -0.15) is 0 Å². The molecule has 1 amide bonds. The fraction of sp³-hybridized carbons (Fsp3) is 0.458. The first-order valence-electron chi connectivity index (χ1n) is 10.8. The molecule has 0 saturated heterocycles. The molecule has 1 aliphatic carbocycles. The predicted octanol–water partition coefficient (Wildman–Crippen LogP) is 4.23. The van der Waals surface area contributed by atoms with Gasteiger partial charge >= 0.3 is 0 Å². The van der Waals surface area contributed by atoms with Crippen molar-refractivity contribution in [3.05, 3.63) is 48.0 Å². The minimum atomic E-state index is -3.62. The van der Waals surface area contributed by atoms with Gasteiger partial charge in [-0.15, -0.1) is 0 Å². The van der Waals surface area contributed by atoms with Gasteiger partial charge in [0.2, 0.25) is 15.9 Å². The summed E-state index contributed by atoms with van der Waals surface area (Å²) in [5.74, 6) is 0.930. The van der Waals surface area contributed by atoms with Crippen LogP contribution in [0.2, 0.25) is 0 Å². The number of anilines is 1. The summed E-state index contributed by atoms with van der Waals surface area (Å²) >= 11 is 0. The zero-order valence-corrected chi connectivity index (χ0v) is 19.9. The SMILES string of the molecule is COc1ccc(S(=O)(=O)NC2CC2)cc1NC(=O)CCCOc1ccc(C(C)(C)C)cc1. The second-order valence-electron chi connectivity index (χ2n) is 9.03. The molecule has 2 aromatic rings. The molecule has 2 aromatic carbocycles. The lowest BCUT2D eigenvalue weighted by molar-refractivity contribution is -0.116. The Kier molecular flexibility index (Phi) is 7.46. The third-order valence-electron chi connectivity index (χ3n) is 5.19. The third-order valence-corrected chi connectivity index (χ3v) is 6.71. The summed E-state index contributed by atoms with van der Waals surface area (Å²) in [6.45, 7) is 6.88. The molecule has 8 heteroatoms. The van der Waals surface area contributed by atoms with Crippen LogP contribution in [-0.2, 0) is 20.2 Å². The summed E-state index contributed by atoms with van der Waals surface area (Å²) in [6.07, 6.45) is 2.46. The number of rotatable bonds is 10. The first kappa shape index (κ1) is 24.1. The Morgan fingerprint density at radius 2 is 1.78 bits per heavy atom. The van der Waals surface area contributed by atoms with Crippen molar-refractivity contribution in [1.29, 1.82) is 0 Å². The largest absolute Gasteiger partial charge is 0.495 e. The summed E-state index contributed by atoms with van der Waals surface area (Å²) in [5, 5.41) is 2.75. The van der Waals surface area contributed by atoms with Crippen LogP contribution in [0.5, 0.6) is 11.5 Å². The highest BCUT2D eigenvalue weighted by Crippen LogP contribution is 2.29. The number of carbonyl (C=O) groups is 1. The smallest absolute Gasteiger partial charge is 0.240 e. The fourth-order valence-electron chi connectivity index (χ4n) is 3.13. The van der Waals surface area contributed by atoms with Gasteiger partial charge in [-0.05, 0) is 60.6 Å². The maximum Gasteiger partial charge on any atom is 0.240 e. The van der Waals surface area contributed by atoms with E-state index in [1.165, 1.54) is 24.8 Å². The average molecular weight is 461 g/mol. The molecule has 0 heterocycles. The van der Waals surface area contributed by atoms with Gasteiger partial charge in [0.05, 0.1) is 24.3 Å². The Hall–Kier alpha value is -2.58. The number of nitrogens with one attached hydrogen (secondary N) is 2. The molecular weight excluding hydrogens is 428 g/mol. The van der Waals surface area contributed by atoms with Crippen LogP contribution in [0, 0.1) is 0 Å². The Balaban J connectivity index is 1.52. The molecule has 0 aromatic heterocycles. The first-order chi connectivity index (χ1) is 15.1. The normalized spacial score (nSPS) is 14.1. The van der Waals surface area contributed by atoms with Gasteiger partial charge in [0.25, 0.3) is 0 Å². The van der Waals surface area contributed by atoms with Crippen molar-refractivity contribution in [1.82, 2.24) is 4.72 Å². The van der Waals surface area contributed by atoms with Crippen LogP contribution in [0.4, 0.5) is 5.69 Å². The van der Waals surface area contributed by atoms with Gasteiger partial charge in [0, 0.05) is 12.5 Å². The van der Waals surface area contributed by atoms with Crippen LogP contribution < -0.4 is 19.5 Å². The summed E-state index contributed by atoms with van der Waals surface area (Å²) < 4.78 is 38.6. The zero-order valence-electron chi connectivity index (χ0n) is 19.1. The highest BCUT2D eigenvalue weighted by Gasteiger charge is 2.28. The molecule has 32 heavy (non-hydrogen) atoms. The second-order valence-corrected chi connectivity index (χ2v) is 10.7. The predicted molar refractivity (Wildman–Crippen MR) is 125 cm³/mol. The molecule has 2 N–H and O–H groups in total. The summed E-state index contributed by atoms with van der Waals surface area (Å²) in [5.41, 5.74) is 1.65.